The molecule has 5 rings (SSSR count). The lowest BCUT2D eigenvalue weighted by Crippen LogP contribution is -2.44. The molecule has 1 amide bonds. The van der Waals surface area contributed by atoms with E-state index in [0.29, 0.717) is 23.7 Å². The van der Waals surface area contributed by atoms with E-state index in [1.165, 1.54) is 0 Å². The van der Waals surface area contributed by atoms with Gasteiger partial charge in [-0.25, -0.2) is 0 Å². The number of anilines is 1. The van der Waals surface area contributed by atoms with Crippen molar-refractivity contribution >= 4 is 29.0 Å². The van der Waals surface area contributed by atoms with Crippen LogP contribution in [0.5, 0.6) is 5.75 Å². The number of piperazine rings is 1. The summed E-state index contributed by atoms with van der Waals surface area (Å²) >= 11 is 0. The van der Waals surface area contributed by atoms with Gasteiger partial charge in [-0.15, -0.1) is 0 Å². The van der Waals surface area contributed by atoms with Crippen LogP contribution >= 0.6 is 0 Å². The zero-order valence-electron chi connectivity index (χ0n) is 20.9. The Hall–Kier alpha value is -4.23. The summed E-state index contributed by atoms with van der Waals surface area (Å²) in [6.07, 6.45) is 2.09. The van der Waals surface area contributed by atoms with Crippen LogP contribution in [0.3, 0.4) is 0 Å². The van der Waals surface area contributed by atoms with Crippen molar-refractivity contribution in [2.75, 3.05) is 44.7 Å². The highest BCUT2D eigenvalue weighted by molar-refractivity contribution is 6.14. The van der Waals surface area contributed by atoms with Crippen LogP contribution in [0.4, 0.5) is 5.69 Å². The molecule has 0 spiro atoms. The Labute approximate surface area is 217 Å². The Balaban J connectivity index is 1.14. The maximum atomic E-state index is 12.8. The molecule has 37 heavy (non-hydrogen) atoms. The average molecular weight is 495 g/mol. The van der Waals surface area contributed by atoms with Crippen molar-refractivity contribution in [1.82, 2.24) is 10.2 Å². The minimum atomic E-state index is -0.302. The highest BCUT2D eigenvalue weighted by atomic mass is 16.5. The number of likely N-dealkylation sites (N-methyl/N-ethyl adjacent to an activating group) is 1. The fourth-order valence-electron chi connectivity index (χ4n) is 4.41. The van der Waals surface area contributed by atoms with Crippen molar-refractivity contribution in [1.29, 1.82) is 0 Å². The predicted molar refractivity (Wildman–Crippen MR) is 146 cm³/mol. The van der Waals surface area contributed by atoms with Crippen LogP contribution in [0.15, 0.2) is 89.9 Å². The largest absolute Gasteiger partial charge is 0.426 e. The van der Waals surface area contributed by atoms with Gasteiger partial charge in [0.05, 0.1) is 13.0 Å². The van der Waals surface area contributed by atoms with Crippen LogP contribution in [0.1, 0.15) is 21.5 Å². The van der Waals surface area contributed by atoms with E-state index >= 15 is 0 Å². The molecule has 3 aromatic carbocycles. The van der Waals surface area contributed by atoms with E-state index in [1.54, 1.807) is 12.1 Å². The molecule has 2 aliphatic heterocycles. The van der Waals surface area contributed by atoms with Gasteiger partial charge in [-0.05, 0) is 66.2 Å². The van der Waals surface area contributed by atoms with Crippen LogP contribution in [-0.4, -0.2) is 62.4 Å². The first-order chi connectivity index (χ1) is 18.0. The highest BCUT2D eigenvalue weighted by Gasteiger charge is 2.17. The molecule has 7 nitrogen and oxygen atoms in total. The summed E-state index contributed by atoms with van der Waals surface area (Å²) < 4.78 is 5.36. The van der Waals surface area contributed by atoms with Gasteiger partial charge in [0.25, 0.3) is 5.91 Å². The number of hydrogen-bond donors (Lipinski definition) is 1. The Morgan fingerprint density at radius 1 is 0.892 bits per heavy atom. The molecule has 3 aromatic rings. The Kier molecular flexibility index (Phi) is 7.42. The number of benzene rings is 3. The molecule has 188 valence electrons. The number of ether oxygens (including phenoxy) is 1. The fraction of sp³-hybridized carbons (Fsp3) is 0.233. The lowest BCUT2D eigenvalue weighted by atomic mass is 10.0. The summed E-state index contributed by atoms with van der Waals surface area (Å²) in [5, 5.41) is 2.91. The summed E-state index contributed by atoms with van der Waals surface area (Å²) in [5.41, 5.74) is 4.64. The minimum Gasteiger partial charge on any atom is -0.426 e. The van der Waals surface area contributed by atoms with E-state index in [0.717, 1.165) is 48.6 Å². The number of nitrogens with zero attached hydrogens (tertiary/aromatic N) is 3. The molecule has 0 radical (unpaired) electrons. The fourth-order valence-corrected chi connectivity index (χ4v) is 4.41. The van der Waals surface area contributed by atoms with E-state index in [4.69, 9.17) is 4.74 Å². The van der Waals surface area contributed by atoms with Crippen molar-refractivity contribution in [3.05, 3.63) is 102 Å². The monoisotopic (exact) mass is 494 g/mol. The summed E-state index contributed by atoms with van der Waals surface area (Å²) in [6, 6.07) is 24.6. The van der Waals surface area contributed by atoms with Gasteiger partial charge in [0.1, 0.15) is 11.6 Å². The first-order valence-electron chi connectivity index (χ1n) is 12.5. The molecule has 1 saturated heterocycles. The van der Waals surface area contributed by atoms with Crippen LogP contribution < -0.4 is 15.0 Å². The molecule has 1 fully saturated rings. The van der Waals surface area contributed by atoms with Crippen molar-refractivity contribution in [3.8, 4) is 5.75 Å². The first kappa shape index (κ1) is 24.5. The topological polar surface area (TPSA) is 74.2 Å². The van der Waals surface area contributed by atoms with Crippen LogP contribution in [0, 0.1) is 0 Å². The second kappa shape index (κ2) is 11.2. The number of amides is 1. The maximum absolute atomic E-state index is 12.8. The number of hydrogen-bond acceptors (Lipinski definition) is 6. The molecule has 2 heterocycles. The normalized spacial score (nSPS) is 15.6. The standard InChI is InChI=1S/C30H30N4O3/c1-33-15-17-34(18-16-33)26-13-11-24(12-14-26)30(36)32-28-20-25(21-31-28)23-9-7-22(8-10-23)19-29(35)37-27-5-3-2-4-6-27/h2-14,20H,15-19,21H2,1H3,(H,31,32,36). The van der Waals surface area contributed by atoms with Crippen LogP contribution in [-0.2, 0) is 11.2 Å². The molecule has 7 heteroatoms. The third kappa shape index (κ3) is 6.32. The molecule has 1 N–H and O–H groups in total. The number of carbonyl (C=O) groups is 2. The summed E-state index contributed by atoms with van der Waals surface area (Å²) in [6.45, 7) is 4.56. The second-order valence-corrected chi connectivity index (χ2v) is 9.32. The number of amidine groups is 1. The van der Waals surface area contributed by atoms with Crippen molar-refractivity contribution in [3.63, 3.8) is 0 Å². The zero-order chi connectivity index (χ0) is 25.6. The van der Waals surface area contributed by atoms with Gasteiger partial charge >= 0.3 is 5.97 Å². The van der Waals surface area contributed by atoms with Crippen molar-refractivity contribution in [2.24, 2.45) is 4.99 Å². The lowest BCUT2D eigenvalue weighted by Gasteiger charge is -2.34. The summed E-state index contributed by atoms with van der Waals surface area (Å²) in [7, 11) is 2.14. The highest BCUT2D eigenvalue weighted by Crippen LogP contribution is 2.21. The van der Waals surface area contributed by atoms with Gasteiger partial charge in [0.2, 0.25) is 0 Å². The molecule has 0 unspecified atom stereocenters. The Morgan fingerprint density at radius 2 is 1.59 bits per heavy atom. The van der Waals surface area contributed by atoms with Gasteiger partial charge in [-0.2, -0.15) is 0 Å². The van der Waals surface area contributed by atoms with E-state index in [9.17, 15) is 9.59 Å². The number of rotatable bonds is 6. The van der Waals surface area contributed by atoms with Gasteiger partial charge in [0.15, 0.2) is 0 Å². The van der Waals surface area contributed by atoms with E-state index in [2.05, 4.69) is 27.2 Å². The second-order valence-electron chi connectivity index (χ2n) is 9.32. The van der Waals surface area contributed by atoms with Gasteiger partial charge in [-0.1, -0.05) is 42.5 Å². The van der Waals surface area contributed by atoms with Crippen molar-refractivity contribution in [2.45, 2.75) is 6.42 Å². The number of aliphatic imine (C=N–C) groups is 1. The van der Waals surface area contributed by atoms with Crippen LogP contribution in [0.2, 0.25) is 0 Å². The van der Waals surface area contributed by atoms with Crippen LogP contribution in [0.25, 0.3) is 5.57 Å². The molecule has 0 atom stereocenters. The predicted octanol–water partition coefficient (Wildman–Crippen LogP) is 3.81. The van der Waals surface area contributed by atoms with Gasteiger partial charge in [-0.3, -0.25) is 14.6 Å². The van der Waals surface area contributed by atoms with E-state index in [-0.39, 0.29) is 18.3 Å². The van der Waals surface area contributed by atoms with E-state index < -0.39 is 0 Å². The smallest absolute Gasteiger partial charge is 0.315 e. The molecule has 0 saturated carbocycles. The zero-order valence-corrected chi connectivity index (χ0v) is 20.9. The Morgan fingerprint density at radius 3 is 2.30 bits per heavy atom. The SMILES string of the molecule is CN1CCN(c2ccc(C(=O)NC3=NCC(c4ccc(CC(=O)Oc5ccccc5)cc4)=C3)cc2)CC1. The minimum absolute atomic E-state index is 0.173. The van der Waals surface area contributed by atoms with Crippen molar-refractivity contribution < 1.29 is 14.3 Å². The molecule has 0 aromatic heterocycles. The molecule has 0 aliphatic carbocycles. The quantitative estimate of drug-likeness (QED) is 0.417. The van der Waals surface area contributed by atoms with Gasteiger partial charge in [0, 0.05) is 37.4 Å². The number of esters is 1. The maximum Gasteiger partial charge on any atom is 0.315 e. The summed E-state index contributed by atoms with van der Waals surface area (Å²) in [5.74, 6) is 0.619. The third-order valence-electron chi connectivity index (χ3n) is 6.62. The molecular weight excluding hydrogens is 464 g/mol. The van der Waals surface area contributed by atoms with Gasteiger partial charge < -0.3 is 19.9 Å². The Bertz CT molecular complexity index is 1310. The first-order valence-corrected chi connectivity index (χ1v) is 12.5. The molecule has 0 bridgehead atoms. The van der Waals surface area contributed by atoms with E-state index in [1.807, 2.05) is 72.8 Å². The number of nitrogens with one attached hydrogen (secondary N) is 1. The average Bonchev–Trinajstić information content (AvgIpc) is 3.38. The summed E-state index contributed by atoms with van der Waals surface area (Å²) in [4.78, 5) is 34.1. The molecule has 2 aliphatic rings. The lowest BCUT2D eigenvalue weighted by molar-refractivity contribution is -0.133. The third-order valence-corrected chi connectivity index (χ3v) is 6.62. The number of para-hydroxylation sites is 1. The number of carbonyl (C=O) groups excluding carboxylic acids is 2. The molecular formula is C30H30N4O3.